The van der Waals surface area contributed by atoms with Crippen molar-refractivity contribution in [3.8, 4) is 11.5 Å². The van der Waals surface area contributed by atoms with Crippen LogP contribution < -0.4 is 10.6 Å². The standard InChI is InChI=1S/C18H23N7O2/c1-4-9-25-16(19-11-20-25)12(3)21-18(26)22-14-8-6-7-13(10-14)17-23-15(5-2)24-27-17/h6-8,10-12H,4-5,9H2,1-3H3,(H2,21,22,26). The zero-order chi connectivity index (χ0) is 19.2. The van der Waals surface area contributed by atoms with Gasteiger partial charge in [0, 0.05) is 24.2 Å². The monoisotopic (exact) mass is 369 g/mol. The SMILES string of the molecule is CCCn1ncnc1C(C)NC(=O)Nc1cccc(-c2nc(CC)no2)c1. The molecule has 3 aromatic rings. The van der Waals surface area contributed by atoms with E-state index in [0.717, 1.165) is 24.4 Å². The average molecular weight is 369 g/mol. The van der Waals surface area contributed by atoms with Gasteiger partial charge in [0.2, 0.25) is 0 Å². The lowest BCUT2D eigenvalue weighted by molar-refractivity contribution is 0.248. The number of nitrogens with one attached hydrogen (secondary N) is 2. The maximum absolute atomic E-state index is 12.4. The molecule has 0 bridgehead atoms. The molecule has 2 aromatic heterocycles. The molecule has 2 N–H and O–H groups in total. The van der Waals surface area contributed by atoms with E-state index in [1.54, 1.807) is 16.8 Å². The van der Waals surface area contributed by atoms with E-state index in [4.69, 9.17) is 4.52 Å². The zero-order valence-electron chi connectivity index (χ0n) is 15.6. The number of rotatable bonds is 7. The molecule has 3 rings (SSSR count). The van der Waals surface area contributed by atoms with E-state index in [1.165, 1.54) is 6.33 Å². The Balaban J connectivity index is 1.65. The minimum atomic E-state index is -0.328. The zero-order valence-corrected chi connectivity index (χ0v) is 15.6. The molecule has 142 valence electrons. The summed E-state index contributed by atoms with van der Waals surface area (Å²) in [6, 6.07) is 6.66. The number of urea groups is 1. The van der Waals surface area contributed by atoms with Crippen molar-refractivity contribution >= 4 is 11.7 Å². The highest BCUT2D eigenvalue weighted by Crippen LogP contribution is 2.21. The van der Waals surface area contributed by atoms with Crippen molar-refractivity contribution < 1.29 is 9.32 Å². The van der Waals surface area contributed by atoms with Gasteiger partial charge in [0.05, 0.1) is 6.04 Å². The van der Waals surface area contributed by atoms with Crippen LogP contribution in [0, 0.1) is 0 Å². The summed E-state index contributed by atoms with van der Waals surface area (Å²) in [7, 11) is 0. The fourth-order valence-corrected chi connectivity index (χ4v) is 2.67. The smallest absolute Gasteiger partial charge is 0.319 e. The van der Waals surface area contributed by atoms with Crippen LogP contribution in [0.1, 0.15) is 44.9 Å². The molecule has 27 heavy (non-hydrogen) atoms. The van der Waals surface area contributed by atoms with Gasteiger partial charge in [0.25, 0.3) is 5.89 Å². The number of aryl methyl sites for hydroxylation is 2. The summed E-state index contributed by atoms with van der Waals surface area (Å²) < 4.78 is 7.04. The third-order valence-corrected chi connectivity index (χ3v) is 3.97. The van der Waals surface area contributed by atoms with Crippen LogP contribution in [0.5, 0.6) is 0 Å². The van der Waals surface area contributed by atoms with E-state index in [-0.39, 0.29) is 12.1 Å². The van der Waals surface area contributed by atoms with E-state index in [2.05, 4.69) is 37.8 Å². The summed E-state index contributed by atoms with van der Waals surface area (Å²) in [6.07, 6.45) is 3.14. The molecule has 9 heteroatoms. The molecule has 1 aromatic carbocycles. The van der Waals surface area contributed by atoms with Crippen LogP contribution in [0.4, 0.5) is 10.5 Å². The highest BCUT2D eigenvalue weighted by molar-refractivity contribution is 5.90. The largest absolute Gasteiger partial charge is 0.334 e. The summed E-state index contributed by atoms with van der Waals surface area (Å²) >= 11 is 0. The van der Waals surface area contributed by atoms with Gasteiger partial charge in [-0.25, -0.2) is 14.5 Å². The molecule has 0 saturated heterocycles. The third-order valence-electron chi connectivity index (χ3n) is 3.97. The Labute approximate surface area is 157 Å². The molecule has 0 radical (unpaired) electrons. The Kier molecular flexibility index (Phi) is 5.80. The van der Waals surface area contributed by atoms with Gasteiger partial charge < -0.3 is 15.2 Å². The van der Waals surface area contributed by atoms with E-state index in [0.29, 0.717) is 23.8 Å². The number of amides is 2. The molecule has 0 spiro atoms. The van der Waals surface area contributed by atoms with Crippen molar-refractivity contribution in [3.05, 3.63) is 42.2 Å². The van der Waals surface area contributed by atoms with Gasteiger partial charge in [0.1, 0.15) is 12.2 Å². The van der Waals surface area contributed by atoms with Crippen molar-refractivity contribution in [2.75, 3.05) is 5.32 Å². The number of benzene rings is 1. The summed E-state index contributed by atoms with van der Waals surface area (Å²) in [5.74, 6) is 1.79. The van der Waals surface area contributed by atoms with Crippen LogP contribution in [0.2, 0.25) is 0 Å². The number of hydrogen-bond acceptors (Lipinski definition) is 6. The molecule has 2 heterocycles. The quantitative estimate of drug-likeness (QED) is 0.662. The number of carbonyl (C=O) groups excluding carboxylic acids is 1. The number of anilines is 1. The van der Waals surface area contributed by atoms with Crippen molar-refractivity contribution in [2.24, 2.45) is 0 Å². The first kappa shape index (κ1) is 18.6. The second-order valence-corrected chi connectivity index (χ2v) is 6.11. The Morgan fingerprint density at radius 1 is 1.33 bits per heavy atom. The molecular formula is C18H23N7O2. The number of hydrogen-bond donors (Lipinski definition) is 2. The van der Waals surface area contributed by atoms with Crippen LogP contribution in [0.3, 0.4) is 0 Å². The second-order valence-electron chi connectivity index (χ2n) is 6.11. The van der Waals surface area contributed by atoms with Gasteiger partial charge in [0.15, 0.2) is 5.82 Å². The molecule has 1 atom stereocenters. The maximum Gasteiger partial charge on any atom is 0.319 e. The minimum Gasteiger partial charge on any atom is -0.334 e. The average Bonchev–Trinajstić information content (AvgIpc) is 3.31. The van der Waals surface area contributed by atoms with E-state index in [1.807, 2.05) is 26.0 Å². The van der Waals surface area contributed by atoms with Crippen LogP contribution in [-0.2, 0) is 13.0 Å². The topological polar surface area (TPSA) is 111 Å². The van der Waals surface area contributed by atoms with Crippen LogP contribution in [0.15, 0.2) is 35.1 Å². The highest BCUT2D eigenvalue weighted by atomic mass is 16.5. The lowest BCUT2D eigenvalue weighted by Gasteiger charge is -2.15. The first-order chi connectivity index (χ1) is 13.1. The van der Waals surface area contributed by atoms with Crippen LogP contribution >= 0.6 is 0 Å². The van der Waals surface area contributed by atoms with Crippen LogP contribution in [0.25, 0.3) is 11.5 Å². The lowest BCUT2D eigenvalue weighted by atomic mass is 10.2. The molecule has 0 aliphatic heterocycles. The van der Waals surface area contributed by atoms with E-state index in [9.17, 15) is 4.79 Å². The maximum atomic E-state index is 12.4. The van der Waals surface area contributed by atoms with E-state index >= 15 is 0 Å². The van der Waals surface area contributed by atoms with Crippen molar-refractivity contribution in [2.45, 2.75) is 46.2 Å². The predicted molar refractivity (Wildman–Crippen MR) is 100.0 cm³/mol. The van der Waals surface area contributed by atoms with Crippen molar-refractivity contribution in [1.29, 1.82) is 0 Å². The summed E-state index contributed by atoms with van der Waals surface area (Å²) in [4.78, 5) is 20.9. The molecular weight excluding hydrogens is 346 g/mol. The normalized spacial score (nSPS) is 12.0. The van der Waals surface area contributed by atoms with Gasteiger partial charge in [-0.05, 0) is 31.5 Å². The molecule has 0 aliphatic rings. The first-order valence-corrected chi connectivity index (χ1v) is 8.99. The molecule has 1 unspecified atom stereocenters. The number of carbonyl (C=O) groups is 1. The van der Waals surface area contributed by atoms with Crippen molar-refractivity contribution in [1.82, 2.24) is 30.2 Å². The molecule has 9 nitrogen and oxygen atoms in total. The van der Waals surface area contributed by atoms with Gasteiger partial charge >= 0.3 is 6.03 Å². The summed E-state index contributed by atoms with van der Waals surface area (Å²) in [5.41, 5.74) is 1.37. The highest BCUT2D eigenvalue weighted by Gasteiger charge is 2.16. The fourth-order valence-electron chi connectivity index (χ4n) is 2.67. The fraction of sp³-hybridized carbons (Fsp3) is 0.389. The van der Waals surface area contributed by atoms with Gasteiger partial charge in [-0.3, -0.25) is 0 Å². The third kappa shape index (κ3) is 4.49. The Hall–Kier alpha value is -3.23. The lowest BCUT2D eigenvalue weighted by Crippen LogP contribution is -2.32. The molecule has 0 saturated carbocycles. The first-order valence-electron chi connectivity index (χ1n) is 8.99. The summed E-state index contributed by atoms with van der Waals surface area (Å²) in [5, 5.41) is 13.8. The van der Waals surface area contributed by atoms with E-state index < -0.39 is 0 Å². The predicted octanol–water partition coefficient (Wildman–Crippen LogP) is 3.18. The Morgan fingerprint density at radius 2 is 2.19 bits per heavy atom. The Bertz CT molecular complexity index is 903. The van der Waals surface area contributed by atoms with Crippen molar-refractivity contribution in [3.63, 3.8) is 0 Å². The summed E-state index contributed by atoms with van der Waals surface area (Å²) in [6.45, 7) is 6.65. The van der Waals surface area contributed by atoms with Gasteiger partial charge in [-0.15, -0.1) is 0 Å². The number of aromatic nitrogens is 5. The minimum absolute atomic E-state index is 0.273. The van der Waals surface area contributed by atoms with Gasteiger partial charge in [-0.1, -0.05) is 25.1 Å². The molecule has 0 fully saturated rings. The van der Waals surface area contributed by atoms with Gasteiger partial charge in [-0.2, -0.15) is 10.1 Å². The number of nitrogens with zero attached hydrogens (tertiary/aromatic N) is 5. The van der Waals surface area contributed by atoms with Crippen LogP contribution in [-0.4, -0.2) is 30.9 Å². The Morgan fingerprint density at radius 3 is 2.93 bits per heavy atom. The molecule has 2 amide bonds. The molecule has 0 aliphatic carbocycles. The second kappa shape index (κ2) is 8.43.